The number of hydrogen-bond acceptors (Lipinski definition) is 6. The first kappa shape index (κ1) is 13.7. The van der Waals surface area contributed by atoms with Crippen LogP contribution in [0.3, 0.4) is 0 Å². The van der Waals surface area contributed by atoms with Gasteiger partial charge in [-0.2, -0.15) is 0 Å². The lowest BCUT2D eigenvalue weighted by molar-refractivity contribution is 0.409. The average Bonchev–Trinajstić information content (AvgIpc) is 3.23. The molecule has 114 valence electrons. The number of nitrogens with zero attached hydrogens (tertiary/aromatic N) is 5. The van der Waals surface area contributed by atoms with Crippen molar-refractivity contribution < 1.29 is 0 Å². The van der Waals surface area contributed by atoms with Crippen LogP contribution in [0.25, 0.3) is 5.65 Å². The lowest BCUT2D eigenvalue weighted by Gasteiger charge is -2.32. The molecule has 4 heterocycles. The molecule has 0 bridgehead atoms. The minimum Gasteiger partial charge on any atom is -0.348 e. The Balaban J connectivity index is 1.34. The Labute approximate surface area is 132 Å². The van der Waals surface area contributed by atoms with Gasteiger partial charge in [0.15, 0.2) is 16.6 Å². The van der Waals surface area contributed by atoms with Gasteiger partial charge in [0.05, 0.1) is 6.54 Å². The van der Waals surface area contributed by atoms with Crippen molar-refractivity contribution in [2.75, 3.05) is 18.0 Å². The van der Waals surface area contributed by atoms with E-state index in [9.17, 15) is 0 Å². The highest BCUT2D eigenvalue weighted by Crippen LogP contribution is 2.22. The maximum absolute atomic E-state index is 4.39. The van der Waals surface area contributed by atoms with Crippen molar-refractivity contribution in [2.24, 2.45) is 0 Å². The van der Waals surface area contributed by atoms with Crippen molar-refractivity contribution in [3.8, 4) is 0 Å². The lowest BCUT2D eigenvalue weighted by Crippen LogP contribution is -2.42. The van der Waals surface area contributed by atoms with E-state index in [4.69, 9.17) is 0 Å². The van der Waals surface area contributed by atoms with Crippen molar-refractivity contribution in [2.45, 2.75) is 25.4 Å². The predicted molar refractivity (Wildman–Crippen MR) is 87.2 cm³/mol. The third-order valence-electron chi connectivity index (χ3n) is 4.12. The second-order valence-corrected chi connectivity index (χ2v) is 6.37. The SMILES string of the molecule is c1ccn2c(CNC3CCN(c4nccs4)CC3)nnc2c1. The fraction of sp³-hybridized carbons (Fsp3) is 0.400. The Bertz CT molecular complexity index is 729. The molecule has 1 fully saturated rings. The maximum atomic E-state index is 4.39. The number of hydrogen-bond donors (Lipinski definition) is 1. The number of fused-ring (bicyclic) bond motifs is 1. The van der Waals surface area contributed by atoms with Gasteiger partial charge in [-0.25, -0.2) is 4.98 Å². The maximum Gasteiger partial charge on any atom is 0.185 e. The number of nitrogens with one attached hydrogen (secondary N) is 1. The molecule has 0 unspecified atom stereocenters. The summed E-state index contributed by atoms with van der Waals surface area (Å²) in [5.74, 6) is 0.970. The van der Waals surface area contributed by atoms with Gasteiger partial charge in [-0.15, -0.1) is 21.5 Å². The molecule has 1 aliphatic rings. The Kier molecular flexibility index (Phi) is 3.74. The summed E-state index contributed by atoms with van der Waals surface area (Å²) in [4.78, 5) is 6.76. The molecule has 0 aromatic carbocycles. The number of thiazole rings is 1. The molecule has 0 saturated carbocycles. The van der Waals surface area contributed by atoms with Crippen LogP contribution in [0.2, 0.25) is 0 Å². The zero-order valence-corrected chi connectivity index (χ0v) is 13.0. The van der Waals surface area contributed by atoms with Gasteiger partial charge in [0, 0.05) is 36.9 Å². The molecule has 7 heteroatoms. The number of pyridine rings is 1. The van der Waals surface area contributed by atoms with Gasteiger partial charge in [0.2, 0.25) is 0 Å². The Hall–Kier alpha value is -1.99. The number of rotatable bonds is 4. The van der Waals surface area contributed by atoms with Gasteiger partial charge < -0.3 is 10.2 Å². The van der Waals surface area contributed by atoms with Crippen LogP contribution in [0.15, 0.2) is 36.0 Å². The highest BCUT2D eigenvalue weighted by atomic mass is 32.1. The fourth-order valence-corrected chi connectivity index (χ4v) is 3.59. The van der Waals surface area contributed by atoms with Gasteiger partial charge in [-0.05, 0) is 25.0 Å². The summed E-state index contributed by atoms with van der Waals surface area (Å²) in [7, 11) is 0. The van der Waals surface area contributed by atoms with Crippen molar-refractivity contribution in [3.05, 3.63) is 41.8 Å². The third-order valence-corrected chi connectivity index (χ3v) is 4.95. The molecular formula is C15H18N6S. The molecule has 1 aliphatic heterocycles. The summed E-state index contributed by atoms with van der Waals surface area (Å²) in [5.41, 5.74) is 0.901. The van der Waals surface area contributed by atoms with Crippen molar-refractivity contribution in [1.29, 1.82) is 0 Å². The van der Waals surface area contributed by atoms with E-state index < -0.39 is 0 Å². The molecule has 1 saturated heterocycles. The molecule has 0 spiro atoms. The fourth-order valence-electron chi connectivity index (χ4n) is 2.89. The van der Waals surface area contributed by atoms with E-state index in [1.807, 2.05) is 40.4 Å². The number of piperidine rings is 1. The first-order valence-electron chi connectivity index (χ1n) is 7.56. The molecule has 1 N–H and O–H groups in total. The van der Waals surface area contributed by atoms with Crippen LogP contribution in [0.5, 0.6) is 0 Å². The molecule has 3 aromatic rings. The standard InChI is InChI=1S/C15H18N6S/c1-2-7-21-13(3-1)18-19-14(21)11-17-12-4-8-20(9-5-12)15-16-6-10-22-15/h1-3,6-7,10,12,17H,4-5,8-9,11H2. The highest BCUT2D eigenvalue weighted by molar-refractivity contribution is 7.13. The summed E-state index contributed by atoms with van der Waals surface area (Å²) in [5, 5.41) is 15.2. The molecule has 0 atom stereocenters. The van der Waals surface area contributed by atoms with E-state index >= 15 is 0 Å². The van der Waals surface area contributed by atoms with E-state index in [1.165, 1.54) is 0 Å². The molecular weight excluding hydrogens is 296 g/mol. The topological polar surface area (TPSA) is 58.4 Å². The van der Waals surface area contributed by atoms with Gasteiger partial charge >= 0.3 is 0 Å². The van der Waals surface area contributed by atoms with E-state index in [2.05, 4.69) is 25.4 Å². The van der Waals surface area contributed by atoms with Crippen LogP contribution in [0.4, 0.5) is 5.13 Å². The highest BCUT2D eigenvalue weighted by Gasteiger charge is 2.20. The second kappa shape index (κ2) is 6.02. The van der Waals surface area contributed by atoms with Gasteiger partial charge in [-0.1, -0.05) is 6.07 Å². The molecule has 6 nitrogen and oxygen atoms in total. The van der Waals surface area contributed by atoms with Crippen LogP contribution in [0.1, 0.15) is 18.7 Å². The van der Waals surface area contributed by atoms with Crippen molar-refractivity contribution in [3.63, 3.8) is 0 Å². The zero-order chi connectivity index (χ0) is 14.8. The van der Waals surface area contributed by atoms with Crippen LogP contribution in [-0.4, -0.2) is 38.7 Å². The number of aromatic nitrogens is 4. The van der Waals surface area contributed by atoms with E-state index in [-0.39, 0.29) is 0 Å². The average molecular weight is 314 g/mol. The van der Waals surface area contributed by atoms with Crippen LogP contribution >= 0.6 is 11.3 Å². The summed E-state index contributed by atoms with van der Waals surface area (Å²) in [6, 6.07) is 6.50. The second-order valence-electron chi connectivity index (χ2n) is 5.50. The molecule has 0 aliphatic carbocycles. The zero-order valence-electron chi connectivity index (χ0n) is 12.2. The molecule has 3 aromatic heterocycles. The van der Waals surface area contributed by atoms with Gasteiger partial charge in [0.25, 0.3) is 0 Å². The minimum absolute atomic E-state index is 0.535. The molecule has 22 heavy (non-hydrogen) atoms. The molecule has 4 rings (SSSR count). The summed E-state index contributed by atoms with van der Waals surface area (Å²) >= 11 is 1.72. The molecule has 0 radical (unpaired) electrons. The van der Waals surface area contributed by atoms with Crippen molar-refractivity contribution >= 4 is 22.1 Å². The summed E-state index contributed by atoms with van der Waals surface area (Å²) in [6.45, 7) is 2.88. The largest absolute Gasteiger partial charge is 0.348 e. The Morgan fingerprint density at radius 2 is 2.14 bits per heavy atom. The van der Waals surface area contributed by atoms with Crippen molar-refractivity contribution in [1.82, 2.24) is 24.9 Å². The Morgan fingerprint density at radius 1 is 1.23 bits per heavy atom. The Morgan fingerprint density at radius 3 is 2.95 bits per heavy atom. The third kappa shape index (κ3) is 2.69. The smallest absolute Gasteiger partial charge is 0.185 e. The lowest BCUT2D eigenvalue weighted by atomic mass is 10.1. The van der Waals surface area contributed by atoms with Crippen LogP contribution < -0.4 is 10.2 Å². The normalized spacial score (nSPS) is 16.5. The summed E-state index contributed by atoms with van der Waals surface area (Å²) < 4.78 is 2.04. The first-order chi connectivity index (χ1) is 10.9. The van der Waals surface area contributed by atoms with E-state index in [0.29, 0.717) is 6.04 Å². The molecule has 0 amide bonds. The van der Waals surface area contributed by atoms with Crippen LogP contribution in [-0.2, 0) is 6.54 Å². The van der Waals surface area contributed by atoms with E-state index in [0.717, 1.165) is 49.1 Å². The van der Waals surface area contributed by atoms with Gasteiger partial charge in [0.1, 0.15) is 0 Å². The van der Waals surface area contributed by atoms with Crippen LogP contribution in [0, 0.1) is 0 Å². The summed E-state index contributed by atoms with van der Waals surface area (Å²) in [6.07, 6.45) is 6.16. The monoisotopic (exact) mass is 314 g/mol. The minimum atomic E-state index is 0.535. The quantitative estimate of drug-likeness (QED) is 0.797. The first-order valence-corrected chi connectivity index (χ1v) is 8.44. The van der Waals surface area contributed by atoms with E-state index in [1.54, 1.807) is 11.3 Å². The van der Waals surface area contributed by atoms with Gasteiger partial charge in [-0.3, -0.25) is 4.40 Å². The predicted octanol–water partition coefficient (Wildman–Crippen LogP) is 1.94. The number of anilines is 1.